The Balaban J connectivity index is 2.39. The molecule has 4 heteroatoms. The van der Waals surface area contributed by atoms with E-state index in [2.05, 4.69) is 17.2 Å². The fraction of sp³-hybridized carbons (Fsp3) is 0.545. The standard InChI is InChI=1S/C11H16N2O2/c1-3-8-6-12-7(2)11-9(15-8)4-5-10(14)13-11/h4-5,7-8,12H,3,6H2,1-2H3,(H,13,14)/t7-,8+/m0/s1. The lowest BCUT2D eigenvalue weighted by Gasteiger charge is -2.14. The van der Waals surface area contributed by atoms with Crippen LogP contribution in [-0.4, -0.2) is 17.6 Å². The van der Waals surface area contributed by atoms with Gasteiger partial charge in [0.1, 0.15) is 11.9 Å². The third kappa shape index (κ3) is 2.04. The number of ether oxygens (including phenoxy) is 1. The van der Waals surface area contributed by atoms with E-state index < -0.39 is 0 Å². The quantitative estimate of drug-likeness (QED) is 0.729. The van der Waals surface area contributed by atoms with Gasteiger partial charge in [-0.1, -0.05) is 6.92 Å². The van der Waals surface area contributed by atoms with Crippen LogP contribution >= 0.6 is 0 Å². The van der Waals surface area contributed by atoms with E-state index in [0.29, 0.717) is 0 Å². The fourth-order valence-electron chi connectivity index (χ4n) is 1.76. The summed E-state index contributed by atoms with van der Waals surface area (Å²) in [5, 5.41) is 3.33. The lowest BCUT2D eigenvalue weighted by atomic mass is 10.2. The van der Waals surface area contributed by atoms with Gasteiger partial charge in [0.05, 0.1) is 5.69 Å². The third-order valence-corrected chi connectivity index (χ3v) is 2.74. The Kier molecular flexibility index (Phi) is 2.77. The zero-order valence-electron chi connectivity index (χ0n) is 9.04. The molecule has 0 unspecified atom stereocenters. The molecule has 0 saturated carbocycles. The summed E-state index contributed by atoms with van der Waals surface area (Å²) in [7, 11) is 0. The second kappa shape index (κ2) is 4.06. The van der Waals surface area contributed by atoms with Crippen LogP contribution in [0.5, 0.6) is 5.75 Å². The molecule has 2 atom stereocenters. The second-order valence-corrected chi connectivity index (χ2v) is 3.88. The van der Waals surface area contributed by atoms with E-state index in [1.807, 2.05) is 6.92 Å². The smallest absolute Gasteiger partial charge is 0.248 e. The monoisotopic (exact) mass is 208 g/mol. The second-order valence-electron chi connectivity index (χ2n) is 3.88. The topological polar surface area (TPSA) is 54.1 Å². The van der Waals surface area contributed by atoms with Gasteiger partial charge < -0.3 is 15.0 Å². The molecule has 1 aromatic rings. The maximum absolute atomic E-state index is 11.2. The Bertz CT molecular complexity index is 400. The molecule has 2 heterocycles. The van der Waals surface area contributed by atoms with Crippen molar-refractivity contribution in [2.75, 3.05) is 6.54 Å². The van der Waals surface area contributed by atoms with E-state index >= 15 is 0 Å². The van der Waals surface area contributed by atoms with E-state index in [-0.39, 0.29) is 17.7 Å². The van der Waals surface area contributed by atoms with Gasteiger partial charge in [-0.05, 0) is 19.4 Å². The summed E-state index contributed by atoms with van der Waals surface area (Å²) in [5.74, 6) is 0.791. The average molecular weight is 208 g/mol. The van der Waals surface area contributed by atoms with Gasteiger partial charge in [-0.25, -0.2) is 0 Å². The first-order valence-corrected chi connectivity index (χ1v) is 5.34. The van der Waals surface area contributed by atoms with Gasteiger partial charge in [-0.15, -0.1) is 0 Å². The molecule has 0 amide bonds. The largest absolute Gasteiger partial charge is 0.487 e. The molecule has 4 nitrogen and oxygen atoms in total. The van der Waals surface area contributed by atoms with Crippen LogP contribution in [0.4, 0.5) is 0 Å². The molecule has 0 fully saturated rings. The van der Waals surface area contributed by atoms with Gasteiger partial charge in [0.15, 0.2) is 0 Å². The van der Waals surface area contributed by atoms with Gasteiger partial charge in [-0.3, -0.25) is 4.79 Å². The number of pyridine rings is 1. The molecule has 0 aromatic carbocycles. The molecule has 1 aliphatic rings. The van der Waals surface area contributed by atoms with Crippen LogP contribution in [0.25, 0.3) is 0 Å². The van der Waals surface area contributed by atoms with Gasteiger partial charge in [-0.2, -0.15) is 0 Å². The van der Waals surface area contributed by atoms with Crippen molar-refractivity contribution in [3.8, 4) is 5.75 Å². The molecule has 1 aliphatic heterocycles. The molecule has 82 valence electrons. The molecule has 0 saturated heterocycles. The Morgan fingerprint density at radius 2 is 2.33 bits per heavy atom. The Morgan fingerprint density at radius 3 is 3.07 bits per heavy atom. The highest BCUT2D eigenvalue weighted by Gasteiger charge is 2.20. The van der Waals surface area contributed by atoms with Crippen LogP contribution in [-0.2, 0) is 0 Å². The Morgan fingerprint density at radius 1 is 1.53 bits per heavy atom. The van der Waals surface area contributed by atoms with Crippen molar-refractivity contribution in [1.82, 2.24) is 10.3 Å². The van der Waals surface area contributed by atoms with Crippen LogP contribution in [0.2, 0.25) is 0 Å². The van der Waals surface area contributed by atoms with Crippen molar-refractivity contribution in [2.24, 2.45) is 0 Å². The summed E-state index contributed by atoms with van der Waals surface area (Å²) >= 11 is 0. The van der Waals surface area contributed by atoms with Gasteiger partial charge in [0, 0.05) is 18.7 Å². The number of H-pyrrole nitrogens is 1. The molecule has 15 heavy (non-hydrogen) atoms. The fourth-order valence-corrected chi connectivity index (χ4v) is 1.76. The number of rotatable bonds is 1. The molecule has 2 N–H and O–H groups in total. The highest BCUT2D eigenvalue weighted by Crippen LogP contribution is 2.25. The number of nitrogens with one attached hydrogen (secondary N) is 2. The minimum Gasteiger partial charge on any atom is -0.487 e. The Hall–Kier alpha value is -1.29. The van der Waals surface area contributed by atoms with Crippen molar-refractivity contribution in [3.05, 3.63) is 28.2 Å². The van der Waals surface area contributed by atoms with E-state index in [0.717, 1.165) is 24.4 Å². The summed E-state index contributed by atoms with van der Waals surface area (Å²) in [4.78, 5) is 14.0. The van der Waals surface area contributed by atoms with E-state index in [9.17, 15) is 4.79 Å². The number of hydrogen-bond donors (Lipinski definition) is 2. The predicted molar refractivity (Wildman–Crippen MR) is 58.2 cm³/mol. The van der Waals surface area contributed by atoms with Crippen molar-refractivity contribution in [3.63, 3.8) is 0 Å². The highest BCUT2D eigenvalue weighted by molar-refractivity contribution is 5.30. The zero-order valence-corrected chi connectivity index (χ0v) is 9.04. The van der Waals surface area contributed by atoms with Crippen molar-refractivity contribution < 1.29 is 4.74 Å². The van der Waals surface area contributed by atoms with Crippen LogP contribution in [0.3, 0.4) is 0 Å². The SMILES string of the molecule is CC[C@@H]1CN[C@@H](C)c2[nH]c(=O)ccc2O1. The molecule has 0 aliphatic carbocycles. The van der Waals surface area contributed by atoms with Crippen LogP contribution in [0.1, 0.15) is 32.0 Å². The first kappa shape index (κ1) is 10.2. The highest BCUT2D eigenvalue weighted by atomic mass is 16.5. The normalized spacial score (nSPS) is 25.2. The summed E-state index contributed by atoms with van der Waals surface area (Å²) in [6, 6.07) is 3.38. The third-order valence-electron chi connectivity index (χ3n) is 2.74. The Labute approximate surface area is 88.7 Å². The van der Waals surface area contributed by atoms with Gasteiger partial charge in [0.2, 0.25) is 5.56 Å². The molecule has 0 radical (unpaired) electrons. The van der Waals surface area contributed by atoms with Crippen molar-refractivity contribution >= 4 is 0 Å². The summed E-state index contributed by atoms with van der Waals surface area (Å²) in [6.45, 7) is 4.93. The van der Waals surface area contributed by atoms with Crippen molar-refractivity contribution in [2.45, 2.75) is 32.4 Å². The van der Waals surface area contributed by atoms with Crippen LogP contribution < -0.4 is 15.6 Å². The lowest BCUT2D eigenvalue weighted by molar-refractivity contribution is 0.200. The molecule has 2 rings (SSSR count). The molecule has 0 bridgehead atoms. The maximum Gasteiger partial charge on any atom is 0.248 e. The predicted octanol–water partition coefficient (Wildman–Crippen LogP) is 1.20. The number of fused-ring (bicyclic) bond motifs is 1. The van der Waals surface area contributed by atoms with E-state index in [1.165, 1.54) is 6.07 Å². The minimum absolute atomic E-state index is 0.0825. The zero-order chi connectivity index (χ0) is 10.8. The molecule has 1 aromatic heterocycles. The molecular weight excluding hydrogens is 192 g/mol. The molecular formula is C11H16N2O2. The number of aromatic nitrogens is 1. The molecule has 0 spiro atoms. The van der Waals surface area contributed by atoms with Gasteiger partial charge in [0.25, 0.3) is 0 Å². The summed E-state index contributed by atoms with van der Waals surface area (Å²) < 4.78 is 5.80. The van der Waals surface area contributed by atoms with Crippen LogP contribution in [0, 0.1) is 0 Å². The van der Waals surface area contributed by atoms with Crippen molar-refractivity contribution in [1.29, 1.82) is 0 Å². The maximum atomic E-state index is 11.2. The van der Waals surface area contributed by atoms with Crippen LogP contribution in [0.15, 0.2) is 16.9 Å². The minimum atomic E-state index is -0.0825. The number of hydrogen-bond acceptors (Lipinski definition) is 3. The van der Waals surface area contributed by atoms with Gasteiger partial charge >= 0.3 is 0 Å². The summed E-state index contributed by atoms with van der Waals surface area (Å²) in [6.07, 6.45) is 1.14. The first-order chi connectivity index (χ1) is 7.20. The lowest BCUT2D eigenvalue weighted by Crippen LogP contribution is -2.29. The van der Waals surface area contributed by atoms with E-state index in [1.54, 1.807) is 6.07 Å². The first-order valence-electron chi connectivity index (χ1n) is 5.34. The van der Waals surface area contributed by atoms with E-state index in [4.69, 9.17) is 4.74 Å². The number of aromatic amines is 1. The average Bonchev–Trinajstić information content (AvgIpc) is 2.39. The summed E-state index contributed by atoms with van der Waals surface area (Å²) in [5.41, 5.74) is 0.763.